The van der Waals surface area contributed by atoms with E-state index < -0.39 is 11.1 Å². The predicted molar refractivity (Wildman–Crippen MR) is 59.7 cm³/mol. The van der Waals surface area contributed by atoms with E-state index in [0.717, 1.165) is 17.7 Å². The van der Waals surface area contributed by atoms with Crippen molar-refractivity contribution in [2.75, 3.05) is 12.4 Å². The molecule has 0 amide bonds. The minimum absolute atomic E-state index is 0.176. The van der Waals surface area contributed by atoms with Crippen molar-refractivity contribution >= 4 is 11.1 Å². The van der Waals surface area contributed by atoms with Crippen LogP contribution >= 0.6 is 0 Å². The van der Waals surface area contributed by atoms with Gasteiger partial charge in [-0.3, -0.25) is 4.21 Å². The molecular weight excluding hydrogens is 212 g/mol. The first-order valence-corrected chi connectivity index (χ1v) is 6.24. The van der Waals surface area contributed by atoms with Gasteiger partial charge in [-0.25, -0.2) is 0 Å². The first-order chi connectivity index (χ1) is 7.22. The highest BCUT2D eigenvalue weighted by molar-refractivity contribution is 7.79. The molecule has 84 valence electrons. The molecule has 0 saturated heterocycles. The Kier molecular flexibility index (Phi) is 5.36. The fourth-order valence-electron chi connectivity index (χ4n) is 1.17. The van der Waals surface area contributed by atoms with Gasteiger partial charge >= 0.3 is 0 Å². The fraction of sp³-hybridized carbons (Fsp3) is 0.455. The van der Waals surface area contributed by atoms with E-state index in [1.165, 1.54) is 0 Å². The second-order valence-corrected chi connectivity index (χ2v) is 4.27. The molecule has 0 saturated carbocycles. The first kappa shape index (κ1) is 12.2. The molecule has 1 atom stereocenters. The van der Waals surface area contributed by atoms with Gasteiger partial charge < -0.3 is 9.29 Å². The maximum atomic E-state index is 10.4. The lowest BCUT2D eigenvalue weighted by Gasteiger charge is -2.07. The van der Waals surface area contributed by atoms with Gasteiger partial charge in [-0.05, 0) is 30.5 Å². The zero-order valence-electron chi connectivity index (χ0n) is 8.77. The molecule has 0 heterocycles. The van der Waals surface area contributed by atoms with Crippen molar-refractivity contribution in [2.24, 2.45) is 0 Å². The minimum atomic E-state index is -1.96. The van der Waals surface area contributed by atoms with E-state index in [2.05, 4.69) is 6.92 Å². The standard InChI is InChI=1S/C11H16O3S/c1-2-8-14-11-5-3-10(4-6-11)7-9-15(12)13/h3-6H,2,7-9H2,1H3,(H,12,13)/p-1. The van der Waals surface area contributed by atoms with E-state index in [4.69, 9.17) is 4.74 Å². The van der Waals surface area contributed by atoms with Crippen molar-refractivity contribution in [2.45, 2.75) is 19.8 Å². The lowest BCUT2D eigenvalue weighted by molar-refractivity contribution is 0.317. The fourth-order valence-corrected chi connectivity index (χ4v) is 1.58. The Balaban J connectivity index is 2.45. The highest BCUT2D eigenvalue weighted by atomic mass is 32.2. The summed E-state index contributed by atoms with van der Waals surface area (Å²) in [6, 6.07) is 7.55. The van der Waals surface area contributed by atoms with Crippen molar-refractivity contribution < 1.29 is 13.5 Å². The SMILES string of the molecule is CCCOc1ccc(CCS(=O)[O-])cc1. The van der Waals surface area contributed by atoms with Gasteiger partial charge in [0.25, 0.3) is 0 Å². The summed E-state index contributed by atoms with van der Waals surface area (Å²) in [6.07, 6.45) is 1.54. The van der Waals surface area contributed by atoms with E-state index in [0.29, 0.717) is 13.0 Å². The minimum Gasteiger partial charge on any atom is -0.772 e. The molecule has 3 nitrogen and oxygen atoms in total. The first-order valence-electron chi connectivity index (χ1n) is 5.00. The van der Waals surface area contributed by atoms with Crippen molar-refractivity contribution in [3.05, 3.63) is 29.8 Å². The molecule has 0 aliphatic heterocycles. The van der Waals surface area contributed by atoms with Crippen LogP contribution in [0.5, 0.6) is 5.75 Å². The van der Waals surface area contributed by atoms with Gasteiger partial charge in [0, 0.05) is 5.75 Å². The van der Waals surface area contributed by atoms with Crippen LogP contribution in [0.1, 0.15) is 18.9 Å². The molecule has 0 radical (unpaired) electrons. The molecule has 15 heavy (non-hydrogen) atoms. The molecule has 1 aromatic carbocycles. The monoisotopic (exact) mass is 227 g/mol. The van der Waals surface area contributed by atoms with Crippen LogP contribution in [0, 0.1) is 0 Å². The molecule has 4 heteroatoms. The van der Waals surface area contributed by atoms with Crippen molar-refractivity contribution in [3.63, 3.8) is 0 Å². The average molecular weight is 227 g/mol. The van der Waals surface area contributed by atoms with Gasteiger partial charge in [-0.15, -0.1) is 0 Å². The largest absolute Gasteiger partial charge is 0.772 e. The molecule has 0 aromatic heterocycles. The molecular formula is C11H15O3S-. The summed E-state index contributed by atoms with van der Waals surface area (Å²) in [5.74, 6) is 1.01. The Bertz CT molecular complexity index is 308. The Morgan fingerprint density at radius 1 is 1.33 bits per heavy atom. The van der Waals surface area contributed by atoms with Crippen LogP contribution in [0.25, 0.3) is 0 Å². The molecule has 0 aliphatic rings. The molecule has 1 rings (SSSR count). The Morgan fingerprint density at radius 3 is 2.53 bits per heavy atom. The van der Waals surface area contributed by atoms with Gasteiger partial charge in [0.15, 0.2) is 0 Å². The summed E-state index contributed by atoms with van der Waals surface area (Å²) in [5, 5.41) is 0. The highest BCUT2D eigenvalue weighted by Gasteiger charge is 1.95. The Hall–Kier alpha value is -0.870. The molecule has 0 spiro atoms. The average Bonchev–Trinajstić information content (AvgIpc) is 2.25. The number of aryl methyl sites for hydroxylation is 1. The van der Waals surface area contributed by atoms with Crippen LogP contribution in [-0.4, -0.2) is 21.1 Å². The summed E-state index contributed by atoms with van der Waals surface area (Å²) in [6.45, 7) is 2.77. The molecule has 0 bridgehead atoms. The zero-order chi connectivity index (χ0) is 11.1. The van der Waals surface area contributed by atoms with Crippen molar-refractivity contribution in [1.29, 1.82) is 0 Å². The van der Waals surface area contributed by atoms with E-state index in [9.17, 15) is 8.76 Å². The van der Waals surface area contributed by atoms with E-state index in [1.807, 2.05) is 24.3 Å². The van der Waals surface area contributed by atoms with Crippen LogP contribution in [0.15, 0.2) is 24.3 Å². The Labute approximate surface area is 92.7 Å². The number of rotatable bonds is 6. The second-order valence-electron chi connectivity index (χ2n) is 3.25. The zero-order valence-corrected chi connectivity index (χ0v) is 9.59. The summed E-state index contributed by atoms with van der Waals surface area (Å²) in [5.41, 5.74) is 1.02. The lowest BCUT2D eigenvalue weighted by atomic mass is 10.2. The number of hydrogen-bond donors (Lipinski definition) is 0. The van der Waals surface area contributed by atoms with Crippen LogP contribution in [0.3, 0.4) is 0 Å². The molecule has 0 aliphatic carbocycles. The Morgan fingerprint density at radius 2 is 2.00 bits per heavy atom. The maximum Gasteiger partial charge on any atom is 0.119 e. The van der Waals surface area contributed by atoms with Gasteiger partial charge in [-0.1, -0.05) is 30.1 Å². The molecule has 1 aromatic rings. The smallest absolute Gasteiger partial charge is 0.119 e. The van der Waals surface area contributed by atoms with E-state index in [-0.39, 0.29) is 5.75 Å². The molecule has 0 N–H and O–H groups in total. The predicted octanol–water partition coefficient (Wildman–Crippen LogP) is 1.90. The molecule has 1 unspecified atom stereocenters. The van der Waals surface area contributed by atoms with Gasteiger partial charge in [0.05, 0.1) is 6.61 Å². The van der Waals surface area contributed by atoms with Crippen LogP contribution in [-0.2, 0) is 17.5 Å². The lowest BCUT2D eigenvalue weighted by Crippen LogP contribution is -1.99. The summed E-state index contributed by atoms with van der Waals surface area (Å²) >= 11 is -1.96. The normalized spacial score (nSPS) is 12.4. The highest BCUT2D eigenvalue weighted by Crippen LogP contribution is 2.12. The van der Waals surface area contributed by atoms with Gasteiger partial charge in [0.1, 0.15) is 5.75 Å². The second kappa shape index (κ2) is 6.58. The van der Waals surface area contributed by atoms with Crippen LogP contribution in [0.4, 0.5) is 0 Å². The topological polar surface area (TPSA) is 49.4 Å². The van der Waals surface area contributed by atoms with Gasteiger partial charge in [-0.2, -0.15) is 0 Å². The third kappa shape index (κ3) is 4.95. The van der Waals surface area contributed by atoms with Crippen LogP contribution in [0.2, 0.25) is 0 Å². The number of hydrogen-bond acceptors (Lipinski definition) is 3. The summed E-state index contributed by atoms with van der Waals surface area (Å²) in [4.78, 5) is 0. The number of benzene rings is 1. The van der Waals surface area contributed by atoms with Crippen molar-refractivity contribution in [1.82, 2.24) is 0 Å². The van der Waals surface area contributed by atoms with E-state index >= 15 is 0 Å². The quantitative estimate of drug-likeness (QED) is 0.697. The maximum absolute atomic E-state index is 10.4. The van der Waals surface area contributed by atoms with Gasteiger partial charge in [0.2, 0.25) is 0 Å². The van der Waals surface area contributed by atoms with E-state index in [1.54, 1.807) is 0 Å². The summed E-state index contributed by atoms with van der Waals surface area (Å²) < 4.78 is 26.1. The summed E-state index contributed by atoms with van der Waals surface area (Å²) in [7, 11) is 0. The van der Waals surface area contributed by atoms with Crippen molar-refractivity contribution in [3.8, 4) is 5.75 Å². The third-order valence-corrected chi connectivity index (χ3v) is 2.49. The number of ether oxygens (including phenoxy) is 1. The molecule has 0 fully saturated rings. The third-order valence-electron chi connectivity index (χ3n) is 1.95. The van der Waals surface area contributed by atoms with Crippen LogP contribution < -0.4 is 4.74 Å².